The Morgan fingerprint density at radius 3 is 2.90 bits per heavy atom. The topological polar surface area (TPSA) is 75.7 Å². The van der Waals surface area contributed by atoms with Crippen molar-refractivity contribution in [3.63, 3.8) is 0 Å². The Morgan fingerprint density at radius 2 is 2.15 bits per heavy atom. The maximum atomic E-state index is 13.3. The van der Waals surface area contributed by atoms with Crippen LogP contribution in [0.4, 0.5) is 10.3 Å². The predicted octanol–water partition coefficient (Wildman–Crippen LogP) is 2.63. The monoisotopic (exact) mass is 273 g/mol. The Kier molecular flexibility index (Phi) is 2.94. The van der Waals surface area contributed by atoms with Gasteiger partial charge in [0.25, 0.3) is 0 Å². The molecule has 6 nitrogen and oxygen atoms in total. The van der Waals surface area contributed by atoms with Gasteiger partial charge in [-0.3, -0.25) is 5.10 Å². The number of rotatable bonds is 3. The third-order valence-corrected chi connectivity index (χ3v) is 2.84. The quantitative estimate of drug-likeness (QED) is 0.767. The molecule has 0 saturated heterocycles. The van der Waals surface area contributed by atoms with Crippen molar-refractivity contribution in [2.75, 3.05) is 12.4 Å². The van der Waals surface area contributed by atoms with E-state index in [0.29, 0.717) is 34.2 Å². The molecule has 0 atom stereocenters. The van der Waals surface area contributed by atoms with Crippen LogP contribution < -0.4 is 10.1 Å². The van der Waals surface area contributed by atoms with Crippen molar-refractivity contribution in [2.24, 2.45) is 0 Å². The van der Waals surface area contributed by atoms with Crippen LogP contribution in [-0.2, 0) is 0 Å². The van der Waals surface area contributed by atoms with Crippen LogP contribution in [0.25, 0.3) is 11.0 Å². The van der Waals surface area contributed by atoms with Crippen LogP contribution in [0.3, 0.4) is 0 Å². The van der Waals surface area contributed by atoms with Crippen molar-refractivity contribution < 1.29 is 9.13 Å². The Bertz CT molecular complexity index is 771. The van der Waals surface area contributed by atoms with Crippen molar-refractivity contribution in [2.45, 2.75) is 6.92 Å². The molecule has 7 heteroatoms. The Labute approximate surface area is 114 Å². The van der Waals surface area contributed by atoms with E-state index in [9.17, 15) is 4.39 Å². The molecule has 3 aromatic rings. The highest BCUT2D eigenvalue weighted by Crippen LogP contribution is 2.28. The molecule has 2 heterocycles. The van der Waals surface area contributed by atoms with Crippen molar-refractivity contribution in [3.05, 3.63) is 35.8 Å². The Morgan fingerprint density at radius 1 is 1.30 bits per heavy atom. The molecule has 0 aliphatic rings. The molecular formula is C13H12FN5O. The van der Waals surface area contributed by atoms with E-state index in [1.54, 1.807) is 32.3 Å². The normalized spacial score (nSPS) is 10.8. The molecule has 0 saturated carbocycles. The summed E-state index contributed by atoms with van der Waals surface area (Å²) >= 11 is 0. The molecule has 0 radical (unpaired) electrons. The van der Waals surface area contributed by atoms with Gasteiger partial charge in [-0.25, -0.2) is 4.39 Å². The highest BCUT2D eigenvalue weighted by atomic mass is 19.1. The number of nitrogens with zero attached hydrogens (tertiary/aromatic N) is 3. The fraction of sp³-hybridized carbons (Fsp3) is 0.154. The number of hydrogen-bond acceptors (Lipinski definition) is 5. The molecule has 0 fully saturated rings. The molecule has 102 valence electrons. The van der Waals surface area contributed by atoms with Crippen LogP contribution in [-0.4, -0.2) is 27.2 Å². The summed E-state index contributed by atoms with van der Waals surface area (Å²) in [6.45, 7) is 1.68. The second-order valence-electron chi connectivity index (χ2n) is 4.25. The zero-order valence-electron chi connectivity index (χ0n) is 10.9. The minimum absolute atomic E-state index is 0.274. The number of aryl methyl sites for hydroxylation is 1. The number of benzene rings is 1. The number of aromatic nitrogens is 4. The van der Waals surface area contributed by atoms with Gasteiger partial charge in [-0.05, 0) is 30.7 Å². The highest BCUT2D eigenvalue weighted by molar-refractivity contribution is 5.80. The summed E-state index contributed by atoms with van der Waals surface area (Å²) in [6.07, 6.45) is 1.58. The van der Waals surface area contributed by atoms with E-state index < -0.39 is 0 Å². The summed E-state index contributed by atoms with van der Waals surface area (Å²) in [7, 11) is 1.71. The van der Waals surface area contributed by atoms with Gasteiger partial charge < -0.3 is 10.1 Å². The van der Waals surface area contributed by atoms with E-state index in [2.05, 4.69) is 25.5 Å². The Balaban J connectivity index is 2.04. The summed E-state index contributed by atoms with van der Waals surface area (Å²) in [5, 5.41) is 10.2. The predicted molar refractivity (Wildman–Crippen MR) is 72.4 cm³/mol. The molecule has 0 unspecified atom stereocenters. The SMILES string of the molecule is CNc1nc(Oc2ccc(F)c(C)c2)c2cn[nH]c2n1. The molecule has 2 aromatic heterocycles. The zero-order chi connectivity index (χ0) is 14.1. The first kappa shape index (κ1) is 12.3. The number of hydrogen-bond donors (Lipinski definition) is 2. The van der Waals surface area contributed by atoms with E-state index in [-0.39, 0.29) is 5.82 Å². The second-order valence-corrected chi connectivity index (χ2v) is 4.25. The summed E-state index contributed by atoms with van der Waals surface area (Å²) in [6, 6.07) is 4.52. The van der Waals surface area contributed by atoms with Gasteiger partial charge in [0.1, 0.15) is 17.0 Å². The molecule has 1 aromatic carbocycles. The third-order valence-electron chi connectivity index (χ3n) is 2.84. The van der Waals surface area contributed by atoms with Crippen molar-refractivity contribution in [1.29, 1.82) is 0 Å². The second kappa shape index (κ2) is 4.76. The molecule has 0 aliphatic carbocycles. The molecule has 0 aliphatic heterocycles. The molecular weight excluding hydrogens is 261 g/mol. The van der Waals surface area contributed by atoms with Gasteiger partial charge in [-0.2, -0.15) is 15.1 Å². The molecule has 0 spiro atoms. The number of nitrogens with one attached hydrogen (secondary N) is 2. The van der Waals surface area contributed by atoms with E-state index >= 15 is 0 Å². The van der Waals surface area contributed by atoms with Crippen molar-refractivity contribution in [3.8, 4) is 11.6 Å². The van der Waals surface area contributed by atoms with E-state index in [0.717, 1.165) is 0 Å². The van der Waals surface area contributed by atoms with Crippen molar-refractivity contribution in [1.82, 2.24) is 20.2 Å². The van der Waals surface area contributed by atoms with Crippen LogP contribution in [0.5, 0.6) is 11.6 Å². The minimum atomic E-state index is -0.274. The summed E-state index contributed by atoms with van der Waals surface area (Å²) in [4.78, 5) is 8.45. The number of aromatic amines is 1. The van der Waals surface area contributed by atoms with Gasteiger partial charge in [0.15, 0.2) is 5.65 Å². The average molecular weight is 273 g/mol. The fourth-order valence-corrected chi connectivity index (χ4v) is 1.79. The van der Waals surface area contributed by atoms with E-state index in [1.165, 1.54) is 6.07 Å². The summed E-state index contributed by atoms with van der Waals surface area (Å²) in [5.74, 6) is 1.01. The van der Waals surface area contributed by atoms with Crippen LogP contribution in [0, 0.1) is 12.7 Å². The summed E-state index contributed by atoms with van der Waals surface area (Å²) < 4.78 is 19.0. The maximum Gasteiger partial charge on any atom is 0.235 e. The van der Waals surface area contributed by atoms with Crippen molar-refractivity contribution >= 4 is 17.0 Å². The smallest absolute Gasteiger partial charge is 0.235 e. The first-order valence-electron chi connectivity index (χ1n) is 6.00. The molecule has 3 rings (SSSR count). The van der Waals surface area contributed by atoms with Gasteiger partial charge in [-0.1, -0.05) is 0 Å². The minimum Gasteiger partial charge on any atom is -0.438 e. The number of H-pyrrole nitrogens is 1. The van der Waals surface area contributed by atoms with Crippen LogP contribution in [0.1, 0.15) is 5.56 Å². The molecule has 0 bridgehead atoms. The lowest BCUT2D eigenvalue weighted by Crippen LogP contribution is -1.99. The maximum absolute atomic E-state index is 13.3. The standard InChI is InChI=1S/C13H12FN5O/c1-7-5-8(3-4-10(7)14)20-12-9-6-16-19-11(9)17-13(15-2)18-12/h3-6H,1-2H3,(H2,15,16,17,18,19). The number of fused-ring (bicyclic) bond motifs is 1. The lowest BCUT2D eigenvalue weighted by Gasteiger charge is -2.08. The lowest BCUT2D eigenvalue weighted by atomic mass is 10.2. The first-order chi connectivity index (χ1) is 9.67. The highest BCUT2D eigenvalue weighted by Gasteiger charge is 2.11. The van der Waals surface area contributed by atoms with Gasteiger partial charge in [0, 0.05) is 7.05 Å². The molecule has 2 N–H and O–H groups in total. The molecule has 0 amide bonds. The number of halogens is 1. The van der Waals surface area contributed by atoms with Crippen LogP contribution >= 0.6 is 0 Å². The van der Waals surface area contributed by atoms with Gasteiger partial charge in [0.2, 0.25) is 11.8 Å². The summed E-state index contributed by atoms with van der Waals surface area (Å²) in [5.41, 5.74) is 1.08. The van der Waals surface area contributed by atoms with Crippen LogP contribution in [0.2, 0.25) is 0 Å². The van der Waals surface area contributed by atoms with E-state index in [1.807, 2.05) is 0 Å². The largest absolute Gasteiger partial charge is 0.438 e. The van der Waals surface area contributed by atoms with E-state index in [4.69, 9.17) is 4.74 Å². The number of anilines is 1. The lowest BCUT2D eigenvalue weighted by molar-refractivity contribution is 0.466. The first-order valence-corrected chi connectivity index (χ1v) is 6.00. The third kappa shape index (κ3) is 2.13. The number of ether oxygens (including phenoxy) is 1. The van der Waals surface area contributed by atoms with Crippen LogP contribution in [0.15, 0.2) is 24.4 Å². The zero-order valence-corrected chi connectivity index (χ0v) is 10.9. The van der Waals surface area contributed by atoms with Gasteiger partial charge in [-0.15, -0.1) is 0 Å². The fourth-order valence-electron chi connectivity index (χ4n) is 1.79. The molecule has 20 heavy (non-hydrogen) atoms. The van der Waals surface area contributed by atoms with Gasteiger partial charge >= 0.3 is 0 Å². The average Bonchev–Trinajstić information content (AvgIpc) is 2.91. The Hall–Kier alpha value is -2.70. The van der Waals surface area contributed by atoms with Gasteiger partial charge in [0.05, 0.1) is 6.20 Å².